The third-order valence-corrected chi connectivity index (χ3v) is 2.02. The lowest BCUT2D eigenvalue weighted by Gasteiger charge is -1.93. The van der Waals surface area contributed by atoms with Gasteiger partial charge in [0.15, 0.2) is 5.78 Å². The molecule has 0 bridgehead atoms. The third kappa shape index (κ3) is 4.36. The van der Waals surface area contributed by atoms with Gasteiger partial charge in [0.25, 0.3) is 0 Å². The largest absolute Gasteiger partial charge is 0.303 e. The van der Waals surface area contributed by atoms with E-state index in [2.05, 4.69) is 0 Å². The van der Waals surface area contributed by atoms with Crippen LogP contribution < -0.4 is 0 Å². The number of hydrogen-bond acceptors (Lipinski definition) is 2. The summed E-state index contributed by atoms with van der Waals surface area (Å²) in [4.78, 5) is 21.6. The molecule has 0 fully saturated rings. The van der Waals surface area contributed by atoms with Crippen molar-refractivity contribution in [1.82, 2.24) is 0 Å². The van der Waals surface area contributed by atoms with Gasteiger partial charge in [0.1, 0.15) is 6.29 Å². The molecule has 0 heterocycles. The van der Waals surface area contributed by atoms with E-state index in [0.29, 0.717) is 12.0 Å². The molecule has 1 rings (SSSR count). The van der Waals surface area contributed by atoms with Crippen molar-refractivity contribution < 1.29 is 9.59 Å². The number of benzene rings is 1. The van der Waals surface area contributed by atoms with Gasteiger partial charge in [-0.2, -0.15) is 0 Å². The van der Waals surface area contributed by atoms with Crippen molar-refractivity contribution in [2.75, 3.05) is 0 Å². The Balaban J connectivity index is 2.39. The smallest absolute Gasteiger partial charge is 0.185 e. The first kappa shape index (κ1) is 11.4. The number of rotatable bonds is 6. The molecule has 0 amide bonds. The summed E-state index contributed by atoms with van der Waals surface area (Å²) in [7, 11) is 0. The van der Waals surface area contributed by atoms with Gasteiger partial charge in [-0.1, -0.05) is 36.4 Å². The summed E-state index contributed by atoms with van der Waals surface area (Å²) >= 11 is 0. The average molecular weight is 202 g/mol. The highest BCUT2D eigenvalue weighted by atomic mass is 16.1. The molecule has 15 heavy (non-hydrogen) atoms. The Labute approximate surface area is 89.6 Å². The second-order valence-corrected chi connectivity index (χ2v) is 3.23. The first-order chi connectivity index (χ1) is 7.34. The Morgan fingerprint density at radius 1 is 1.13 bits per heavy atom. The van der Waals surface area contributed by atoms with Crippen LogP contribution in [0.5, 0.6) is 0 Å². The number of allylic oxidation sites excluding steroid dienone is 2. The van der Waals surface area contributed by atoms with Crippen LogP contribution in [0.2, 0.25) is 0 Å². The normalized spacial score (nSPS) is 10.4. The predicted octanol–water partition coefficient (Wildman–Crippen LogP) is 2.79. The van der Waals surface area contributed by atoms with Gasteiger partial charge in [-0.15, -0.1) is 0 Å². The summed E-state index contributed by atoms with van der Waals surface area (Å²) in [5.74, 6) is 0.0155. The first-order valence-electron chi connectivity index (χ1n) is 5.04. The molecule has 0 aromatic heterocycles. The van der Waals surface area contributed by atoms with Crippen molar-refractivity contribution in [3.8, 4) is 0 Å². The van der Waals surface area contributed by atoms with Crippen LogP contribution in [0.4, 0.5) is 0 Å². The second kappa shape index (κ2) is 6.71. The zero-order chi connectivity index (χ0) is 10.9. The van der Waals surface area contributed by atoms with E-state index in [1.54, 1.807) is 18.2 Å². The van der Waals surface area contributed by atoms with Gasteiger partial charge in [0.2, 0.25) is 0 Å². The molecule has 0 aliphatic carbocycles. The summed E-state index contributed by atoms with van der Waals surface area (Å²) in [5.41, 5.74) is 0.698. The van der Waals surface area contributed by atoms with Gasteiger partial charge in [-0.3, -0.25) is 4.79 Å². The van der Waals surface area contributed by atoms with Crippen molar-refractivity contribution in [3.63, 3.8) is 0 Å². The number of carbonyl (C=O) groups excluding carboxylic acids is 2. The second-order valence-electron chi connectivity index (χ2n) is 3.23. The number of hydrogen-bond donors (Lipinski definition) is 0. The van der Waals surface area contributed by atoms with E-state index in [1.165, 1.54) is 0 Å². The maximum atomic E-state index is 11.5. The average Bonchev–Trinajstić information content (AvgIpc) is 2.30. The molecule has 0 aliphatic rings. The Morgan fingerprint density at radius 3 is 2.53 bits per heavy atom. The summed E-state index contributed by atoms with van der Waals surface area (Å²) < 4.78 is 0. The number of unbranched alkanes of at least 4 members (excludes halogenated alkanes) is 2. The van der Waals surface area contributed by atoms with E-state index in [0.717, 1.165) is 19.1 Å². The van der Waals surface area contributed by atoms with Gasteiger partial charge >= 0.3 is 0 Å². The Kier molecular flexibility index (Phi) is 5.09. The zero-order valence-electron chi connectivity index (χ0n) is 8.56. The highest BCUT2D eigenvalue weighted by molar-refractivity contribution is 6.04. The summed E-state index contributed by atoms with van der Waals surface area (Å²) in [5, 5.41) is 0. The van der Waals surface area contributed by atoms with Gasteiger partial charge in [-0.05, 0) is 18.9 Å². The fourth-order valence-electron chi connectivity index (χ4n) is 1.21. The number of carbonyl (C=O) groups is 2. The van der Waals surface area contributed by atoms with Gasteiger partial charge < -0.3 is 4.79 Å². The standard InChI is InChI=1S/C13H14O2/c14-11-7-2-1-6-10-13(15)12-8-4-3-5-9-12/h3-6,8-11H,1-2,7H2. The molecule has 0 unspecified atom stereocenters. The van der Waals surface area contributed by atoms with Crippen LogP contribution in [0.25, 0.3) is 0 Å². The van der Waals surface area contributed by atoms with Crippen LogP contribution in [0.3, 0.4) is 0 Å². The summed E-state index contributed by atoms with van der Waals surface area (Å²) in [6, 6.07) is 9.14. The maximum Gasteiger partial charge on any atom is 0.185 e. The molecular formula is C13H14O2. The van der Waals surface area contributed by atoms with Crippen molar-refractivity contribution in [2.24, 2.45) is 0 Å². The van der Waals surface area contributed by atoms with Crippen LogP contribution in [0.15, 0.2) is 42.5 Å². The molecule has 78 valence electrons. The van der Waals surface area contributed by atoms with E-state index < -0.39 is 0 Å². The fourth-order valence-corrected chi connectivity index (χ4v) is 1.21. The molecule has 0 saturated carbocycles. The van der Waals surface area contributed by atoms with Crippen LogP contribution in [-0.4, -0.2) is 12.1 Å². The number of aldehydes is 1. The predicted molar refractivity (Wildman–Crippen MR) is 59.8 cm³/mol. The molecule has 2 nitrogen and oxygen atoms in total. The Hall–Kier alpha value is -1.70. The summed E-state index contributed by atoms with van der Waals surface area (Å²) in [6.45, 7) is 0. The van der Waals surface area contributed by atoms with Crippen molar-refractivity contribution in [1.29, 1.82) is 0 Å². The molecular weight excluding hydrogens is 188 g/mol. The molecule has 0 N–H and O–H groups in total. The van der Waals surface area contributed by atoms with Crippen molar-refractivity contribution in [2.45, 2.75) is 19.3 Å². The number of ketones is 1. The Bertz CT molecular complexity index is 339. The minimum atomic E-state index is 0.0155. The van der Waals surface area contributed by atoms with Crippen molar-refractivity contribution in [3.05, 3.63) is 48.0 Å². The van der Waals surface area contributed by atoms with Gasteiger partial charge in [0.05, 0.1) is 0 Å². The molecule has 1 aromatic rings. The minimum Gasteiger partial charge on any atom is -0.303 e. The maximum absolute atomic E-state index is 11.5. The molecule has 0 atom stereocenters. The molecule has 0 spiro atoms. The molecule has 0 aliphatic heterocycles. The monoisotopic (exact) mass is 202 g/mol. The zero-order valence-corrected chi connectivity index (χ0v) is 8.56. The highest BCUT2D eigenvalue weighted by Crippen LogP contribution is 2.02. The molecule has 2 heteroatoms. The van der Waals surface area contributed by atoms with Crippen LogP contribution in [0, 0.1) is 0 Å². The van der Waals surface area contributed by atoms with Crippen LogP contribution >= 0.6 is 0 Å². The fraction of sp³-hybridized carbons (Fsp3) is 0.231. The van der Waals surface area contributed by atoms with Gasteiger partial charge in [-0.25, -0.2) is 0 Å². The molecule has 1 aromatic carbocycles. The van der Waals surface area contributed by atoms with Crippen molar-refractivity contribution >= 4 is 12.1 Å². The lowest BCUT2D eigenvalue weighted by molar-refractivity contribution is -0.107. The summed E-state index contributed by atoms with van der Waals surface area (Å²) in [6.07, 6.45) is 6.43. The lowest BCUT2D eigenvalue weighted by atomic mass is 10.1. The highest BCUT2D eigenvalue weighted by Gasteiger charge is 1.98. The van der Waals surface area contributed by atoms with Gasteiger partial charge in [0, 0.05) is 12.0 Å². The minimum absolute atomic E-state index is 0.0155. The first-order valence-corrected chi connectivity index (χ1v) is 5.04. The Morgan fingerprint density at radius 2 is 1.87 bits per heavy atom. The SMILES string of the molecule is O=CCCCC=CC(=O)c1ccccc1. The van der Waals surface area contributed by atoms with E-state index in [9.17, 15) is 9.59 Å². The quantitative estimate of drug-likeness (QED) is 0.307. The van der Waals surface area contributed by atoms with Crippen LogP contribution in [0.1, 0.15) is 29.6 Å². The van der Waals surface area contributed by atoms with E-state index in [4.69, 9.17) is 0 Å². The molecule has 0 radical (unpaired) electrons. The van der Waals surface area contributed by atoms with E-state index >= 15 is 0 Å². The van der Waals surface area contributed by atoms with Crippen LogP contribution in [-0.2, 0) is 4.79 Å². The molecule has 0 saturated heterocycles. The van der Waals surface area contributed by atoms with E-state index in [-0.39, 0.29) is 5.78 Å². The third-order valence-electron chi connectivity index (χ3n) is 2.02. The van der Waals surface area contributed by atoms with E-state index in [1.807, 2.05) is 24.3 Å². The topological polar surface area (TPSA) is 34.1 Å². The lowest BCUT2D eigenvalue weighted by Crippen LogP contribution is -1.92.